The van der Waals surface area contributed by atoms with Gasteiger partial charge >= 0.3 is 0 Å². The maximum Gasteiger partial charge on any atom is 0.265 e. The number of thioether (sulfide) groups is 1. The summed E-state index contributed by atoms with van der Waals surface area (Å²) < 4.78 is 6.00. The topological polar surface area (TPSA) is 58.6 Å². The molecule has 2 amide bonds. The van der Waals surface area contributed by atoms with E-state index in [-0.39, 0.29) is 18.4 Å². The third kappa shape index (κ3) is 3.36. The summed E-state index contributed by atoms with van der Waals surface area (Å²) in [5.74, 6) is 0.355. The predicted molar refractivity (Wildman–Crippen MR) is 106 cm³/mol. The highest BCUT2D eigenvalue weighted by atomic mass is 32.2. The van der Waals surface area contributed by atoms with Crippen molar-refractivity contribution in [1.29, 1.82) is 0 Å². The number of amides is 2. The van der Waals surface area contributed by atoms with Gasteiger partial charge in [-0.3, -0.25) is 9.59 Å². The van der Waals surface area contributed by atoms with E-state index in [9.17, 15) is 9.59 Å². The minimum absolute atomic E-state index is 0.0206. The van der Waals surface area contributed by atoms with E-state index in [0.29, 0.717) is 27.2 Å². The zero-order chi connectivity index (χ0) is 18.1. The number of carbonyl (C=O) groups excluding carboxylic acids is 2. The molecule has 0 radical (unpaired) electrons. The molecule has 0 aromatic heterocycles. The van der Waals surface area contributed by atoms with Crippen molar-refractivity contribution in [2.24, 2.45) is 0 Å². The highest BCUT2D eigenvalue weighted by molar-refractivity contribution is 8.26. The summed E-state index contributed by atoms with van der Waals surface area (Å²) in [4.78, 5) is 26.5. The second-order valence-electron chi connectivity index (χ2n) is 5.83. The number of nitrogens with one attached hydrogen (secondary N) is 1. The molecule has 5 nitrogen and oxygen atoms in total. The first-order chi connectivity index (χ1) is 12.6. The van der Waals surface area contributed by atoms with E-state index in [1.807, 2.05) is 48.5 Å². The van der Waals surface area contributed by atoms with Crippen LogP contribution >= 0.6 is 24.0 Å². The van der Waals surface area contributed by atoms with Gasteiger partial charge in [-0.2, -0.15) is 0 Å². The molecule has 0 spiro atoms. The molecule has 1 N–H and O–H groups in total. The Hall–Kier alpha value is -2.64. The lowest BCUT2D eigenvalue weighted by Crippen LogP contribution is -2.38. The summed E-state index contributed by atoms with van der Waals surface area (Å²) in [6.45, 7) is 0.488. The number of anilines is 1. The lowest BCUT2D eigenvalue weighted by Gasteiger charge is -2.29. The van der Waals surface area contributed by atoms with Gasteiger partial charge in [-0.15, -0.1) is 0 Å². The zero-order valence-electron chi connectivity index (χ0n) is 13.6. The van der Waals surface area contributed by atoms with Gasteiger partial charge < -0.3 is 15.0 Å². The molecule has 0 unspecified atom stereocenters. The van der Waals surface area contributed by atoms with E-state index in [1.54, 1.807) is 11.0 Å². The standard InChI is InChI=1S/C19H14N2O3S2/c22-17-11-24-15-7-6-13(9-16-18(23)20-19(25)26-16)8-14(15)21(17)10-12-4-2-1-3-5-12/h1-9H,10-11H2,(H,20,23,25). The molecule has 26 heavy (non-hydrogen) atoms. The fraction of sp³-hybridized carbons (Fsp3) is 0.105. The molecule has 2 aliphatic rings. The molecule has 1 fully saturated rings. The average molecular weight is 382 g/mol. The molecule has 2 aromatic rings. The van der Waals surface area contributed by atoms with E-state index >= 15 is 0 Å². The quantitative estimate of drug-likeness (QED) is 0.653. The van der Waals surface area contributed by atoms with Crippen LogP contribution in [0.3, 0.4) is 0 Å². The lowest BCUT2D eigenvalue weighted by molar-refractivity contribution is -0.121. The number of nitrogens with zero attached hydrogens (tertiary/aromatic N) is 1. The van der Waals surface area contributed by atoms with Crippen molar-refractivity contribution in [3.8, 4) is 5.75 Å². The molecule has 2 heterocycles. The van der Waals surface area contributed by atoms with Crippen LogP contribution in [-0.2, 0) is 16.1 Å². The van der Waals surface area contributed by atoms with Gasteiger partial charge in [-0.25, -0.2) is 0 Å². The molecule has 0 bridgehead atoms. The number of rotatable bonds is 3. The molecule has 0 atom stereocenters. The Morgan fingerprint density at radius 1 is 1.19 bits per heavy atom. The molecule has 2 aliphatic heterocycles. The molecular weight excluding hydrogens is 368 g/mol. The van der Waals surface area contributed by atoms with Crippen LogP contribution in [0.15, 0.2) is 53.4 Å². The molecule has 4 rings (SSSR count). The van der Waals surface area contributed by atoms with Gasteiger partial charge in [0.25, 0.3) is 11.8 Å². The molecule has 0 aliphatic carbocycles. The number of fused-ring (bicyclic) bond motifs is 1. The van der Waals surface area contributed by atoms with Crippen LogP contribution in [0.2, 0.25) is 0 Å². The highest BCUT2D eigenvalue weighted by Crippen LogP contribution is 2.35. The summed E-state index contributed by atoms with van der Waals surface area (Å²) in [5.41, 5.74) is 2.54. The minimum atomic E-state index is -0.203. The molecule has 130 valence electrons. The largest absolute Gasteiger partial charge is 0.482 e. The maximum absolute atomic E-state index is 12.4. The van der Waals surface area contributed by atoms with Gasteiger partial charge in [0.1, 0.15) is 10.1 Å². The van der Waals surface area contributed by atoms with Gasteiger partial charge in [0.15, 0.2) is 6.61 Å². The summed E-state index contributed by atoms with van der Waals surface area (Å²) >= 11 is 6.24. The lowest BCUT2D eigenvalue weighted by atomic mass is 10.1. The van der Waals surface area contributed by atoms with Crippen molar-refractivity contribution < 1.29 is 14.3 Å². The van der Waals surface area contributed by atoms with Crippen molar-refractivity contribution in [3.05, 3.63) is 64.6 Å². The first kappa shape index (κ1) is 16.8. The summed E-state index contributed by atoms with van der Waals surface area (Å²) in [6, 6.07) is 15.3. The number of thiocarbonyl (C=S) groups is 1. The van der Waals surface area contributed by atoms with Crippen LogP contribution in [0.4, 0.5) is 5.69 Å². The monoisotopic (exact) mass is 382 g/mol. The number of carbonyl (C=O) groups is 2. The second-order valence-corrected chi connectivity index (χ2v) is 7.55. The SMILES string of the molecule is O=C1NC(=S)SC1=Cc1ccc2c(c1)N(Cc1ccccc1)C(=O)CO2. The highest BCUT2D eigenvalue weighted by Gasteiger charge is 2.26. The van der Waals surface area contributed by atoms with Crippen molar-refractivity contribution >= 4 is 51.9 Å². The molecular formula is C19H14N2O3S2. The van der Waals surface area contributed by atoms with Crippen molar-refractivity contribution in [2.45, 2.75) is 6.54 Å². The summed E-state index contributed by atoms with van der Waals surface area (Å²) in [5, 5.41) is 2.60. The van der Waals surface area contributed by atoms with E-state index < -0.39 is 0 Å². The summed E-state index contributed by atoms with van der Waals surface area (Å²) in [6.07, 6.45) is 1.76. The zero-order valence-corrected chi connectivity index (χ0v) is 15.2. The molecule has 2 aromatic carbocycles. The van der Waals surface area contributed by atoms with Crippen LogP contribution in [0.25, 0.3) is 6.08 Å². The van der Waals surface area contributed by atoms with Crippen LogP contribution in [-0.4, -0.2) is 22.7 Å². The van der Waals surface area contributed by atoms with Crippen LogP contribution < -0.4 is 15.0 Å². The van der Waals surface area contributed by atoms with Crippen molar-refractivity contribution in [1.82, 2.24) is 5.32 Å². The Balaban J connectivity index is 1.68. The maximum atomic E-state index is 12.4. The van der Waals surface area contributed by atoms with Crippen molar-refractivity contribution in [2.75, 3.05) is 11.5 Å². The molecule has 0 saturated carbocycles. The predicted octanol–water partition coefficient (Wildman–Crippen LogP) is 3.10. The van der Waals surface area contributed by atoms with Gasteiger partial charge in [0, 0.05) is 0 Å². The van der Waals surface area contributed by atoms with Gasteiger partial charge in [0.05, 0.1) is 17.1 Å². The number of hydrogen-bond acceptors (Lipinski definition) is 5. The van der Waals surface area contributed by atoms with E-state index in [4.69, 9.17) is 17.0 Å². The van der Waals surface area contributed by atoms with Gasteiger partial charge in [-0.1, -0.05) is 60.4 Å². The number of hydrogen-bond donors (Lipinski definition) is 1. The smallest absolute Gasteiger partial charge is 0.265 e. The van der Waals surface area contributed by atoms with Gasteiger partial charge in [0.2, 0.25) is 0 Å². The summed E-state index contributed by atoms with van der Waals surface area (Å²) in [7, 11) is 0. The van der Waals surface area contributed by atoms with Crippen molar-refractivity contribution in [3.63, 3.8) is 0 Å². The first-order valence-electron chi connectivity index (χ1n) is 7.96. The number of ether oxygens (including phenoxy) is 1. The van der Waals surface area contributed by atoms with Gasteiger partial charge in [-0.05, 0) is 29.3 Å². The normalized spacial score (nSPS) is 17.9. The Morgan fingerprint density at radius 2 is 2.00 bits per heavy atom. The Labute approximate surface area is 160 Å². The Bertz CT molecular complexity index is 941. The average Bonchev–Trinajstić information content (AvgIpc) is 2.95. The molecule has 1 saturated heterocycles. The minimum Gasteiger partial charge on any atom is -0.482 e. The first-order valence-corrected chi connectivity index (χ1v) is 9.18. The fourth-order valence-electron chi connectivity index (χ4n) is 2.82. The number of benzene rings is 2. The Morgan fingerprint density at radius 3 is 2.73 bits per heavy atom. The van der Waals surface area contributed by atoms with E-state index in [1.165, 1.54) is 11.8 Å². The second kappa shape index (κ2) is 6.93. The Kier molecular flexibility index (Phi) is 4.48. The third-order valence-corrected chi connectivity index (χ3v) is 5.21. The fourth-order valence-corrected chi connectivity index (χ4v) is 3.86. The van der Waals surface area contributed by atoms with Crippen LogP contribution in [0.1, 0.15) is 11.1 Å². The van der Waals surface area contributed by atoms with Crippen LogP contribution in [0, 0.1) is 0 Å². The van der Waals surface area contributed by atoms with Crippen LogP contribution in [0.5, 0.6) is 5.75 Å². The third-order valence-electron chi connectivity index (χ3n) is 4.05. The van der Waals surface area contributed by atoms with E-state index in [2.05, 4.69) is 5.32 Å². The molecule has 7 heteroatoms. The van der Waals surface area contributed by atoms with E-state index in [0.717, 1.165) is 11.1 Å².